The van der Waals surface area contributed by atoms with E-state index in [1.165, 1.54) is 5.56 Å². The Bertz CT molecular complexity index is 761. The van der Waals surface area contributed by atoms with Crippen molar-refractivity contribution in [2.24, 2.45) is 0 Å². The molecule has 0 aromatic heterocycles. The predicted octanol–water partition coefficient (Wildman–Crippen LogP) is 3.42. The van der Waals surface area contributed by atoms with Gasteiger partial charge in [-0.3, -0.25) is 9.59 Å². The SMILES string of the molecule is Cc1ccc(CCC(=O)Nc2cccc(NC(=O)CC#N)c2)cc1. The lowest BCUT2D eigenvalue weighted by atomic mass is 10.1. The fourth-order valence-electron chi connectivity index (χ4n) is 2.19. The highest BCUT2D eigenvalue weighted by Crippen LogP contribution is 2.16. The second kappa shape index (κ2) is 8.49. The smallest absolute Gasteiger partial charge is 0.238 e. The summed E-state index contributed by atoms with van der Waals surface area (Å²) in [7, 11) is 0. The van der Waals surface area contributed by atoms with Crippen molar-refractivity contribution in [2.45, 2.75) is 26.2 Å². The molecular weight excluding hydrogens is 302 g/mol. The molecule has 0 aliphatic carbocycles. The number of nitrogens with one attached hydrogen (secondary N) is 2. The summed E-state index contributed by atoms with van der Waals surface area (Å²) >= 11 is 0. The van der Waals surface area contributed by atoms with Crippen molar-refractivity contribution < 1.29 is 9.59 Å². The molecule has 2 N–H and O–H groups in total. The molecule has 2 amide bonds. The van der Waals surface area contributed by atoms with E-state index in [1.54, 1.807) is 30.3 Å². The summed E-state index contributed by atoms with van der Waals surface area (Å²) in [5.41, 5.74) is 3.47. The van der Waals surface area contributed by atoms with E-state index < -0.39 is 0 Å². The van der Waals surface area contributed by atoms with E-state index in [0.717, 1.165) is 5.56 Å². The van der Waals surface area contributed by atoms with Gasteiger partial charge in [0, 0.05) is 17.8 Å². The number of carbonyl (C=O) groups excluding carboxylic acids is 2. The van der Waals surface area contributed by atoms with Gasteiger partial charge in [-0.15, -0.1) is 0 Å². The molecule has 24 heavy (non-hydrogen) atoms. The summed E-state index contributed by atoms with van der Waals surface area (Å²) in [5.74, 6) is -0.462. The van der Waals surface area contributed by atoms with Gasteiger partial charge in [-0.05, 0) is 37.1 Å². The van der Waals surface area contributed by atoms with Gasteiger partial charge in [0.25, 0.3) is 0 Å². The summed E-state index contributed by atoms with van der Waals surface area (Å²) in [6.07, 6.45) is 0.853. The van der Waals surface area contributed by atoms with Crippen molar-refractivity contribution in [1.29, 1.82) is 5.26 Å². The van der Waals surface area contributed by atoms with E-state index in [2.05, 4.69) is 10.6 Å². The van der Waals surface area contributed by atoms with Crippen molar-refractivity contribution in [3.05, 3.63) is 59.7 Å². The Morgan fingerprint density at radius 2 is 1.62 bits per heavy atom. The first-order chi connectivity index (χ1) is 11.6. The van der Waals surface area contributed by atoms with Crippen LogP contribution in [0.2, 0.25) is 0 Å². The normalized spacial score (nSPS) is 9.83. The number of carbonyl (C=O) groups is 2. The van der Waals surface area contributed by atoms with Crippen molar-refractivity contribution in [1.82, 2.24) is 0 Å². The molecule has 2 aromatic carbocycles. The van der Waals surface area contributed by atoms with Crippen LogP contribution in [0.15, 0.2) is 48.5 Å². The second-order valence-electron chi connectivity index (χ2n) is 5.50. The number of nitrogens with zero attached hydrogens (tertiary/aromatic N) is 1. The van der Waals surface area contributed by atoms with Crippen molar-refractivity contribution in [3.63, 3.8) is 0 Å². The number of anilines is 2. The topological polar surface area (TPSA) is 82.0 Å². The molecule has 0 saturated heterocycles. The Balaban J connectivity index is 1.88. The highest BCUT2D eigenvalue weighted by molar-refractivity contribution is 5.94. The third-order valence-corrected chi connectivity index (χ3v) is 3.43. The number of aryl methyl sites for hydroxylation is 2. The highest BCUT2D eigenvalue weighted by Gasteiger charge is 2.05. The standard InChI is InChI=1S/C19H19N3O2/c1-14-5-7-15(8-6-14)9-10-18(23)21-16-3-2-4-17(13-16)22-19(24)11-12-20/h2-8,13H,9-11H2,1H3,(H,21,23)(H,22,24). The maximum absolute atomic E-state index is 12.0. The zero-order valence-electron chi connectivity index (χ0n) is 13.5. The highest BCUT2D eigenvalue weighted by atomic mass is 16.2. The van der Waals surface area contributed by atoms with E-state index in [0.29, 0.717) is 24.2 Å². The number of hydrogen-bond donors (Lipinski definition) is 2. The lowest BCUT2D eigenvalue weighted by Gasteiger charge is -2.08. The Kier molecular flexibility index (Phi) is 6.09. The predicted molar refractivity (Wildman–Crippen MR) is 93.4 cm³/mol. The molecule has 2 rings (SSSR count). The molecule has 5 heteroatoms. The largest absolute Gasteiger partial charge is 0.326 e. The van der Waals surface area contributed by atoms with Gasteiger partial charge in [0.1, 0.15) is 6.42 Å². The number of benzene rings is 2. The van der Waals surface area contributed by atoms with Crippen molar-refractivity contribution in [2.75, 3.05) is 10.6 Å². The molecule has 0 bridgehead atoms. The first-order valence-electron chi connectivity index (χ1n) is 7.69. The molecule has 0 radical (unpaired) electrons. The third kappa shape index (κ3) is 5.58. The summed E-state index contributed by atoms with van der Waals surface area (Å²) in [4.78, 5) is 23.5. The fourth-order valence-corrected chi connectivity index (χ4v) is 2.19. The number of hydrogen-bond acceptors (Lipinski definition) is 3. The van der Waals surface area contributed by atoms with Crippen LogP contribution in [0.3, 0.4) is 0 Å². The Morgan fingerprint density at radius 3 is 2.25 bits per heavy atom. The zero-order valence-corrected chi connectivity index (χ0v) is 13.5. The van der Waals surface area contributed by atoms with Crippen LogP contribution in [0.25, 0.3) is 0 Å². The summed E-state index contributed by atoms with van der Waals surface area (Å²) in [5, 5.41) is 13.9. The minimum Gasteiger partial charge on any atom is -0.326 e. The van der Waals surface area contributed by atoms with E-state index >= 15 is 0 Å². The number of nitriles is 1. The minimum atomic E-state index is -0.375. The first-order valence-corrected chi connectivity index (χ1v) is 7.69. The van der Waals surface area contributed by atoms with Crippen molar-refractivity contribution >= 4 is 23.2 Å². The Hall–Kier alpha value is -3.13. The Labute approximate surface area is 141 Å². The van der Waals surface area contributed by atoms with Crippen LogP contribution in [-0.4, -0.2) is 11.8 Å². The molecule has 0 aliphatic rings. The van der Waals surface area contributed by atoms with E-state index in [1.807, 2.05) is 31.2 Å². The average molecular weight is 321 g/mol. The molecule has 0 saturated carbocycles. The van der Waals surface area contributed by atoms with Gasteiger partial charge in [-0.2, -0.15) is 5.26 Å². The van der Waals surface area contributed by atoms with Crippen LogP contribution in [0.1, 0.15) is 24.0 Å². The molecule has 122 valence electrons. The summed E-state index contributed by atoms with van der Waals surface area (Å²) in [6.45, 7) is 2.03. The molecular formula is C19H19N3O2. The van der Waals surface area contributed by atoms with Gasteiger partial charge in [-0.25, -0.2) is 0 Å². The maximum atomic E-state index is 12.0. The molecule has 0 aliphatic heterocycles. The van der Waals surface area contributed by atoms with Gasteiger partial charge in [0.2, 0.25) is 11.8 Å². The molecule has 0 atom stereocenters. The van der Waals surface area contributed by atoms with Crippen molar-refractivity contribution in [3.8, 4) is 6.07 Å². The van der Waals surface area contributed by atoms with Gasteiger partial charge in [0.05, 0.1) is 6.07 Å². The molecule has 0 fully saturated rings. The zero-order chi connectivity index (χ0) is 17.4. The lowest BCUT2D eigenvalue weighted by molar-refractivity contribution is -0.116. The van der Waals surface area contributed by atoms with Crippen LogP contribution >= 0.6 is 0 Å². The first kappa shape index (κ1) is 17.2. The van der Waals surface area contributed by atoms with Crippen LogP contribution in [0.5, 0.6) is 0 Å². The van der Waals surface area contributed by atoms with Gasteiger partial charge >= 0.3 is 0 Å². The van der Waals surface area contributed by atoms with Crippen LogP contribution in [-0.2, 0) is 16.0 Å². The fraction of sp³-hybridized carbons (Fsp3) is 0.211. The van der Waals surface area contributed by atoms with E-state index in [4.69, 9.17) is 5.26 Å². The van der Waals surface area contributed by atoms with Gasteiger partial charge in [-0.1, -0.05) is 35.9 Å². The van der Waals surface area contributed by atoms with Crippen LogP contribution in [0.4, 0.5) is 11.4 Å². The molecule has 5 nitrogen and oxygen atoms in total. The van der Waals surface area contributed by atoms with Crippen LogP contribution < -0.4 is 10.6 Å². The molecule has 0 heterocycles. The minimum absolute atomic E-state index is 0.0870. The Morgan fingerprint density at radius 1 is 1.00 bits per heavy atom. The number of amides is 2. The van der Waals surface area contributed by atoms with E-state index in [-0.39, 0.29) is 18.2 Å². The second-order valence-corrected chi connectivity index (χ2v) is 5.50. The summed E-state index contributed by atoms with van der Waals surface area (Å²) in [6, 6.07) is 16.7. The lowest BCUT2D eigenvalue weighted by Crippen LogP contribution is -2.13. The molecule has 0 spiro atoms. The quantitative estimate of drug-likeness (QED) is 0.855. The van der Waals surface area contributed by atoms with Crippen LogP contribution in [0, 0.1) is 18.3 Å². The molecule has 0 unspecified atom stereocenters. The molecule has 2 aromatic rings. The van der Waals surface area contributed by atoms with Gasteiger partial charge < -0.3 is 10.6 Å². The summed E-state index contributed by atoms with van der Waals surface area (Å²) < 4.78 is 0. The number of rotatable bonds is 6. The van der Waals surface area contributed by atoms with E-state index in [9.17, 15) is 9.59 Å². The van der Waals surface area contributed by atoms with Gasteiger partial charge in [0.15, 0.2) is 0 Å². The third-order valence-electron chi connectivity index (χ3n) is 3.43. The average Bonchev–Trinajstić information content (AvgIpc) is 2.55. The maximum Gasteiger partial charge on any atom is 0.238 e. The monoisotopic (exact) mass is 321 g/mol.